The van der Waals surface area contributed by atoms with E-state index in [1.807, 2.05) is 18.2 Å². The smallest absolute Gasteiger partial charge is 0.303 e. The van der Waals surface area contributed by atoms with Crippen LogP contribution in [0.3, 0.4) is 0 Å². The van der Waals surface area contributed by atoms with Crippen LogP contribution in [0, 0.1) is 3.57 Å². The Morgan fingerprint density at radius 1 is 1.50 bits per heavy atom. The van der Waals surface area contributed by atoms with Crippen molar-refractivity contribution in [3.05, 3.63) is 27.3 Å². The first-order chi connectivity index (χ1) is 7.58. The van der Waals surface area contributed by atoms with Gasteiger partial charge in [-0.2, -0.15) is 0 Å². The van der Waals surface area contributed by atoms with Gasteiger partial charge in [-0.25, -0.2) is 0 Å². The molecule has 0 bridgehead atoms. The average molecular weight is 331 g/mol. The first-order valence-electron chi connectivity index (χ1n) is 4.90. The van der Waals surface area contributed by atoms with Crippen LogP contribution in [-0.4, -0.2) is 17.0 Å². The molecule has 2 N–H and O–H groups in total. The predicted octanol–water partition coefficient (Wildman–Crippen LogP) is 2.19. The van der Waals surface area contributed by atoms with Gasteiger partial charge in [-0.05, 0) is 52.8 Å². The van der Waals surface area contributed by atoms with Crippen molar-refractivity contribution in [3.63, 3.8) is 0 Å². The number of carboxylic acid groups (broad SMARTS) is 1. The lowest BCUT2D eigenvalue weighted by Crippen LogP contribution is -2.13. The summed E-state index contributed by atoms with van der Waals surface area (Å²) in [6, 6.07) is 5.70. The van der Waals surface area contributed by atoms with E-state index < -0.39 is 5.97 Å². The maximum atomic E-state index is 11.6. The van der Waals surface area contributed by atoms with Crippen LogP contribution in [0.15, 0.2) is 18.2 Å². The van der Waals surface area contributed by atoms with Gasteiger partial charge in [-0.15, -0.1) is 0 Å². The van der Waals surface area contributed by atoms with Crippen LogP contribution in [0.4, 0.5) is 5.69 Å². The van der Waals surface area contributed by atoms with Crippen LogP contribution in [0.25, 0.3) is 0 Å². The lowest BCUT2D eigenvalue weighted by Gasteiger charge is -2.06. The molecule has 4 nitrogen and oxygen atoms in total. The second-order valence-electron chi connectivity index (χ2n) is 3.71. The van der Waals surface area contributed by atoms with Gasteiger partial charge in [0.2, 0.25) is 5.91 Å². The highest BCUT2D eigenvalue weighted by molar-refractivity contribution is 14.1. The number of hydrogen-bond donors (Lipinski definition) is 2. The van der Waals surface area contributed by atoms with Gasteiger partial charge in [0.05, 0.1) is 5.92 Å². The van der Waals surface area contributed by atoms with E-state index in [0.29, 0.717) is 6.42 Å². The van der Waals surface area contributed by atoms with Gasteiger partial charge in [0.15, 0.2) is 0 Å². The van der Waals surface area contributed by atoms with Gasteiger partial charge >= 0.3 is 5.97 Å². The molecule has 84 valence electrons. The van der Waals surface area contributed by atoms with E-state index in [1.165, 1.54) is 0 Å². The third-order valence-electron chi connectivity index (χ3n) is 2.61. The summed E-state index contributed by atoms with van der Waals surface area (Å²) < 4.78 is 1.05. The first kappa shape index (κ1) is 11.4. The molecule has 1 amide bonds. The fraction of sp³-hybridized carbons (Fsp3) is 0.273. The lowest BCUT2D eigenvalue weighted by atomic mass is 9.96. The van der Waals surface area contributed by atoms with Crippen LogP contribution in [0.2, 0.25) is 0 Å². The number of benzene rings is 1. The maximum Gasteiger partial charge on any atom is 0.303 e. The number of carbonyl (C=O) groups is 2. The van der Waals surface area contributed by atoms with Crippen LogP contribution < -0.4 is 5.32 Å². The highest BCUT2D eigenvalue weighted by Crippen LogP contribution is 2.36. The van der Waals surface area contributed by atoms with Gasteiger partial charge in [0.1, 0.15) is 0 Å². The minimum absolute atomic E-state index is 0.0169. The van der Waals surface area contributed by atoms with Gasteiger partial charge in [-0.3, -0.25) is 9.59 Å². The minimum atomic E-state index is -0.869. The van der Waals surface area contributed by atoms with Gasteiger partial charge < -0.3 is 10.4 Å². The fourth-order valence-corrected chi connectivity index (χ4v) is 2.37. The Labute approximate surface area is 106 Å². The monoisotopic (exact) mass is 331 g/mol. The molecule has 2 rings (SSSR count). The van der Waals surface area contributed by atoms with Crippen LogP contribution in [0.1, 0.15) is 24.3 Å². The summed E-state index contributed by atoms with van der Waals surface area (Å²) in [5.74, 6) is -1.29. The van der Waals surface area contributed by atoms with Gasteiger partial charge in [0, 0.05) is 15.7 Å². The molecule has 5 heteroatoms. The molecule has 1 aromatic carbocycles. The molecule has 0 fully saturated rings. The number of anilines is 1. The molecule has 1 aromatic rings. The number of carboxylic acids is 1. The van der Waals surface area contributed by atoms with Crippen molar-refractivity contribution in [1.82, 2.24) is 0 Å². The number of hydrogen-bond acceptors (Lipinski definition) is 2. The molecule has 0 saturated heterocycles. The summed E-state index contributed by atoms with van der Waals surface area (Å²) in [7, 11) is 0. The zero-order valence-electron chi connectivity index (χ0n) is 8.37. The quantitative estimate of drug-likeness (QED) is 0.835. The second kappa shape index (κ2) is 4.40. The van der Waals surface area contributed by atoms with Crippen molar-refractivity contribution in [2.75, 3.05) is 5.32 Å². The van der Waals surface area contributed by atoms with E-state index in [9.17, 15) is 9.59 Å². The van der Waals surface area contributed by atoms with Crippen molar-refractivity contribution < 1.29 is 14.7 Å². The third kappa shape index (κ3) is 2.18. The molecule has 1 aliphatic heterocycles. The number of carbonyl (C=O) groups excluding carboxylic acids is 1. The summed E-state index contributed by atoms with van der Waals surface area (Å²) in [5, 5.41) is 11.4. The first-order valence-corrected chi connectivity index (χ1v) is 5.98. The molecular formula is C11H10INO3. The largest absolute Gasteiger partial charge is 0.481 e. The number of fused-ring (bicyclic) bond motifs is 1. The predicted molar refractivity (Wildman–Crippen MR) is 67.4 cm³/mol. The van der Waals surface area contributed by atoms with Crippen LogP contribution in [0.5, 0.6) is 0 Å². The van der Waals surface area contributed by atoms with Crippen molar-refractivity contribution in [3.8, 4) is 0 Å². The second-order valence-corrected chi connectivity index (χ2v) is 4.95. The molecular weight excluding hydrogens is 321 g/mol. The van der Waals surface area contributed by atoms with E-state index in [1.54, 1.807) is 0 Å². The molecule has 1 aliphatic rings. The standard InChI is InChI=1S/C11H10INO3/c12-6-1-3-9-8(5-6)7(11(16)13-9)2-4-10(14)15/h1,3,5,7H,2,4H2,(H,13,16)(H,14,15). The number of amides is 1. The molecule has 0 aliphatic carbocycles. The molecule has 0 radical (unpaired) electrons. The van der Waals surface area contributed by atoms with Crippen molar-refractivity contribution >= 4 is 40.2 Å². The number of nitrogens with one attached hydrogen (secondary N) is 1. The summed E-state index contributed by atoms with van der Waals surface area (Å²) >= 11 is 2.18. The third-order valence-corrected chi connectivity index (χ3v) is 3.28. The zero-order chi connectivity index (χ0) is 11.7. The van der Waals surface area contributed by atoms with E-state index in [-0.39, 0.29) is 18.2 Å². The molecule has 0 saturated carbocycles. The van der Waals surface area contributed by atoms with E-state index in [2.05, 4.69) is 27.9 Å². The average Bonchev–Trinajstić information content (AvgIpc) is 2.51. The maximum absolute atomic E-state index is 11.6. The molecule has 1 unspecified atom stereocenters. The summed E-state index contributed by atoms with van der Waals surface area (Å²) in [6.45, 7) is 0. The Morgan fingerprint density at radius 2 is 2.25 bits per heavy atom. The Kier molecular flexibility index (Phi) is 3.13. The molecule has 1 heterocycles. The number of aliphatic carboxylic acids is 1. The summed E-state index contributed by atoms with van der Waals surface area (Å²) in [5.41, 5.74) is 1.72. The molecule has 0 spiro atoms. The number of rotatable bonds is 3. The van der Waals surface area contributed by atoms with Crippen molar-refractivity contribution in [2.24, 2.45) is 0 Å². The lowest BCUT2D eigenvalue weighted by molar-refractivity contribution is -0.137. The Hall–Kier alpha value is -1.11. The fourth-order valence-electron chi connectivity index (χ4n) is 1.85. The minimum Gasteiger partial charge on any atom is -0.481 e. The highest BCUT2D eigenvalue weighted by atomic mass is 127. The topological polar surface area (TPSA) is 66.4 Å². The Morgan fingerprint density at radius 3 is 2.94 bits per heavy atom. The van der Waals surface area contributed by atoms with E-state index >= 15 is 0 Å². The summed E-state index contributed by atoms with van der Waals surface area (Å²) in [4.78, 5) is 22.2. The van der Waals surface area contributed by atoms with Crippen molar-refractivity contribution in [1.29, 1.82) is 0 Å². The zero-order valence-corrected chi connectivity index (χ0v) is 10.5. The highest BCUT2D eigenvalue weighted by Gasteiger charge is 2.30. The molecule has 0 aromatic heterocycles. The van der Waals surface area contributed by atoms with Gasteiger partial charge in [0.25, 0.3) is 0 Å². The summed E-state index contributed by atoms with van der Waals surface area (Å²) in [6.07, 6.45) is 0.372. The van der Waals surface area contributed by atoms with Crippen molar-refractivity contribution in [2.45, 2.75) is 18.8 Å². The van der Waals surface area contributed by atoms with Gasteiger partial charge in [-0.1, -0.05) is 0 Å². The van der Waals surface area contributed by atoms with Crippen LogP contribution in [-0.2, 0) is 9.59 Å². The molecule has 1 atom stereocenters. The number of halogens is 1. The Balaban J connectivity index is 2.24. The normalized spacial score (nSPS) is 18.1. The van der Waals surface area contributed by atoms with E-state index in [4.69, 9.17) is 5.11 Å². The Bertz CT molecular complexity index is 459. The SMILES string of the molecule is O=C(O)CCC1C(=O)Nc2ccc(I)cc21. The molecule has 16 heavy (non-hydrogen) atoms. The van der Waals surface area contributed by atoms with Crippen LogP contribution >= 0.6 is 22.6 Å². The van der Waals surface area contributed by atoms with E-state index in [0.717, 1.165) is 14.8 Å².